The Morgan fingerprint density at radius 2 is 2.15 bits per heavy atom. The van der Waals surface area contributed by atoms with Crippen molar-refractivity contribution in [3.8, 4) is 12.3 Å². The molecule has 74 valence electrons. The van der Waals surface area contributed by atoms with E-state index in [0.29, 0.717) is 19.6 Å². The third-order valence-corrected chi connectivity index (χ3v) is 2.46. The number of rotatable bonds is 4. The molecule has 1 heterocycles. The topological polar surface area (TPSA) is 38.7 Å². The van der Waals surface area contributed by atoms with Crippen molar-refractivity contribution in [2.75, 3.05) is 19.8 Å². The molecule has 0 bridgehead atoms. The van der Waals surface area contributed by atoms with Crippen LogP contribution in [0.4, 0.5) is 0 Å². The molecule has 13 heavy (non-hydrogen) atoms. The maximum absolute atomic E-state index is 9.15. The first-order valence-corrected chi connectivity index (χ1v) is 4.55. The molecule has 1 unspecified atom stereocenters. The van der Waals surface area contributed by atoms with Crippen molar-refractivity contribution in [2.45, 2.75) is 25.6 Å². The fourth-order valence-electron chi connectivity index (χ4n) is 1.54. The summed E-state index contributed by atoms with van der Waals surface area (Å²) in [5.41, 5.74) is 0. The summed E-state index contributed by atoms with van der Waals surface area (Å²) >= 11 is 0. The highest BCUT2D eigenvalue weighted by Crippen LogP contribution is 2.30. The van der Waals surface area contributed by atoms with Crippen LogP contribution in [0.5, 0.6) is 0 Å². The molecule has 0 aromatic carbocycles. The standard InChI is InChI=1S/C10H16O3/c1-3-4-5-9(8-11)10(2)12-6-7-13-10/h1,9,11H,4-8H2,2H3. The first kappa shape index (κ1) is 10.5. The van der Waals surface area contributed by atoms with Crippen LogP contribution in [-0.2, 0) is 9.47 Å². The molecule has 1 aliphatic rings. The molecule has 1 saturated heterocycles. The van der Waals surface area contributed by atoms with E-state index in [4.69, 9.17) is 21.0 Å². The average Bonchev–Trinajstić information content (AvgIpc) is 2.54. The van der Waals surface area contributed by atoms with E-state index in [1.807, 2.05) is 6.92 Å². The van der Waals surface area contributed by atoms with Crippen LogP contribution in [0, 0.1) is 18.3 Å². The van der Waals surface area contributed by atoms with Crippen molar-refractivity contribution >= 4 is 0 Å². The summed E-state index contributed by atoms with van der Waals surface area (Å²) in [6, 6.07) is 0. The summed E-state index contributed by atoms with van der Waals surface area (Å²) < 4.78 is 10.9. The first-order valence-electron chi connectivity index (χ1n) is 4.55. The zero-order valence-electron chi connectivity index (χ0n) is 7.95. The van der Waals surface area contributed by atoms with Crippen LogP contribution in [0.3, 0.4) is 0 Å². The van der Waals surface area contributed by atoms with Crippen molar-refractivity contribution in [3.63, 3.8) is 0 Å². The molecular formula is C10H16O3. The average molecular weight is 184 g/mol. The number of aliphatic hydroxyl groups excluding tert-OH is 1. The molecule has 1 N–H and O–H groups in total. The first-order chi connectivity index (χ1) is 6.23. The Balaban J connectivity index is 2.49. The van der Waals surface area contributed by atoms with Gasteiger partial charge in [0.1, 0.15) is 0 Å². The maximum atomic E-state index is 9.15. The molecular weight excluding hydrogens is 168 g/mol. The second kappa shape index (κ2) is 4.61. The zero-order chi connectivity index (χ0) is 9.73. The Kier molecular flexibility index (Phi) is 3.73. The fourth-order valence-corrected chi connectivity index (χ4v) is 1.54. The summed E-state index contributed by atoms with van der Waals surface area (Å²) in [7, 11) is 0. The van der Waals surface area contributed by atoms with Gasteiger partial charge in [0.05, 0.1) is 19.8 Å². The Morgan fingerprint density at radius 3 is 2.62 bits per heavy atom. The molecule has 0 aromatic heterocycles. The van der Waals surface area contributed by atoms with Crippen LogP contribution in [0.1, 0.15) is 19.8 Å². The third-order valence-electron chi connectivity index (χ3n) is 2.46. The van der Waals surface area contributed by atoms with Gasteiger partial charge in [-0.1, -0.05) is 0 Å². The van der Waals surface area contributed by atoms with Gasteiger partial charge in [0.25, 0.3) is 0 Å². The van der Waals surface area contributed by atoms with Gasteiger partial charge in [-0.2, -0.15) is 0 Å². The second-order valence-electron chi connectivity index (χ2n) is 3.34. The second-order valence-corrected chi connectivity index (χ2v) is 3.34. The minimum atomic E-state index is -0.633. The van der Waals surface area contributed by atoms with Crippen LogP contribution < -0.4 is 0 Å². The number of ether oxygens (including phenoxy) is 2. The molecule has 1 atom stereocenters. The quantitative estimate of drug-likeness (QED) is 0.656. The summed E-state index contributed by atoms with van der Waals surface area (Å²) in [4.78, 5) is 0. The lowest BCUT2D eigenvalue weighted by molar-refractivity contribution is -0.190. The van der Waals surface area contributed by atoms with Gasteiger partial charge in [0, 0.05) is 12.3 Å². The highest BCUT2D eigenvalue weighted by atomic mass is 16.7. The van der Waals surface area contributed by atoms with Crippen LogP contribution in [0.25, 0.3) is 0 Å². The monoisotopic (exact) mass is 184 g/mol. The molecule has 1 rings (SSSR count). The largest absolute Gasteiger partial charge is 0.396 e. The predicted octanol–water partition coefficient (Wildman–Crippen LogP) is 0.771. The van der Waals surface area contributed by atoms with Crippen LogP contribution in [-0.4, -0.2) is 30.7 Å². The highest BCUT2D eigenvalue weighted by molar-refractivity contribution is 4.87. The number of aliphatic hydroxyl groups is 1. The summed E-state index contributed by atoms with van der Waals surface area (Å²) in [6.07, 6.45) is 6.55. The third kappa shape index (κ3) is 2.44. The van der Waals surface area contributed by atoms with E-state index in [2.05, 4.69) is 5.92 Å². The van der Waals surface area contributed by atoms with Gasteiger partial charge in [0.15, 0.2) is 5.79 Å². The van der Waals surface area contributed by atoms with Crippen molar-refractivity contribution in [2.24, 2.45) is 5.92 Å². The Labute approximate surface area is 79.0 Å². The minimum Gasteiger partial charge on any atom is -0.396 e. The van der Waals surface area contributed by atoms with Crippen LogP contribution in [0.2, 0.25) is 0 Å². The molecule has 0 aromatic rings. The smallest absolute Gasteiger partial charge is 0.170 e. The van der Waals surface area contributed by atoms with Gasteiger partial charge in [-0.25, -0.2) is 0 Å². The Morgan fingerprint density at radius 1 is 1.54 bits per heavy atom. The van der Waals surface area contributed by atoms with Gasteiger partial charge in [-0.15, -0.1) is 12.3 Å². The van der Waals surface area contributed by atoms with Gasteiger partial charge in [-0.3, -0.25) is 0 Å². The minimum absolute atomic E-state index is 0.0222. The van der Waals surface area contributed by atoms with Crippen molar-refractivity contribution in [3.05, 3.63) is 0 Å². The Hall–Kier alpha value is -0.560. The summed E-state index contributed by atoms with van der Waals surface area (Å²) in [5.74, 6) is 1.90. The maximum Gasteiger partial charge on any atom is 0.170 e. The molecule has 0 saturated carbocycles. The van der Waals surface area contributed by atoms with Crippen molar-refractivity contribution in [1.82, 2.24) is 0 Å². The molecule has 1 aliphatic heterocycles. The van der Waals surface area contributed by atoms with Crippen molar-refractivity contribution < 1.29 is 14.6 Å². The lowest BCUT2D eigenvalue weighted by Gasteiger charge is -2.30. The number of terminal acetylenes is 1. The van der Waals surface area contributed by atoms with Gasteiger partial charge in [-0.05, 0) is 13.3 Å². The molecule has 0 radical (unpaired) electrons. The van der Waals surface area contributed by atoms with E-state index in [0.717, 1.165) is 6.42 Å². The fraction of sp³-hybridized carbons (Fsp3) is 0.800. The summed E-state index contributed by atoms with van der Waals surface area (Å²) in [6.45, 7) is 3.11. The van der Waals surface area contributed by atoms with Crippen LogP contribution in [0.15, 0.2) is 0 Å². The molecule has 0 amide bonds. The van der Waals surface area contributed by atoms with E-state index in [1.54, 1.807) is 0 Å². The van der Waals surface area contributed by atoms with E-state index >= 15 is 0 Å². The zero-order valence-corrected chi connectivity index (χ0v) is 7.95. The predicted molar refractivity (Wildman–Crippen MR) is 49.0 cm³/mol. The summed E-state index contributed by atoms with van der Waals surface area (Å²) in [5, 5.41) is 9.15. The van der Waals surface area contributed by atoms with E-state index in [9.17, 15) is 0 Å². The van der Waals surface area contributed by atoms with Gasteiger partial charge >= 0.3 is 0 Å². The van der Waals surface area contributed by atoms with Gasteiger partial charge < -0.3 is 14.6 Å². The molecule has 3 nitrogen and oxygen atoms in total. The van der Waals surface area contributed by atoms with Gasteiger partial charge in [0.2, 0.25) is 0 Å². The Bertz CT molecular complexity index is 189. The number of hydrogen-bond acceptors (Lipinski definition) is 3. The highest BCUT2D eigenvalue weighted by Gasteiger charge is 2.38. The van der Waals surface area contributed by atoms with Crippen LogP contribution >= 0.6 is 0 Å². The number of hydrogen-bond donors (Lipinski definition) is 1. The van der Waals surface area contributed by atoms with E-state index < -0.39 is 5.79 Å². The van der Waals surface area contributed by atoms with Crippen molar-refractivity contribution in [1.29, 1.82) is 0 Å². The SMILES string of the molecule is C#CCCC(CO)C1(C)OCCO1. The molecule has 0 spiro atoms. The lowest BCUT2D eigenvalue weighted by Crippen LogP contribution is -2.38. The lowest BCUT2D eigenvalue weighted by atomic mass is 9.95. The van der Waals surface area contributed by atoms with E-state index in [-0.39, 0.29) is 12.5 Å². The molecule has 1 fully saturated rings. The molecule has 0 aliphatic carbocycles. The molecule has 3 heteroatoms. The van der Waals surface area contributed by atoms with E-state index in [1.165, 1.54) is 0 Å². The normalized spacial score (nSPS) is 22.5.